The smallest absolute Gasteiger partial charge is 0.326 e. The van der Waals surface area contributed by atoms with Crippen LogP contribution in [-0.2, 0) is 32.6 Å². The number of carboxylic acids is 1. The summed E-state index contributed by atoms with van der Waals surface area (Å²) in [6.45, 7) is 1.67. The number of hydrogen-bond donors (Lipinski definition) is 4. The molecule has 4 N–H and O–H groups in total. The van der Waals surface area contributed by atoms with Crippen molar-refractivity contribution >= 4 is 29.3 Å². The van der Waals surface area contributed by atoms with Crippen LogP contribution in [0.1, 0.15) is 55.5 Å². The molecule has 4 rings (SSSR count). The minimum Gasteiger partial charge on any atom is -0.480 e. The number of carbonyl (C=O) groups is 2. The predicted molar refractivity (Wildman–Crippen MR) is 146 cm³/mol. The van der Waals surface area contributed by atoms with Crippen LogP contribution in [0.4, 0.5) is 10.2 Å². The Morgan fingerprint density at radius 2 is 2.13 bits per heavy atom. The number of aryl methyl sites for hydroxylation is 2. The number of halogens is 2. The molecule has 214 valence electrons. The van der Waals surface area contributed by atoms with E-state index in [0.29, 0.717) is 38.2 Å². The Morgan fingerprint density at radius 3 is 2.79 bits per heavy atom. The first-order valence-electron chi connectivity index (χ1n) is 13.6. The molecule has 2 aliphatic rings. The van der Waals surface area contributed by atoms with Crippen molar-refractivity contribution in [3.63, 3.8) is 0 Å². The number of unbranched alkanes of at least 4 members (excludes halogenated alkanes) is 1. The lowest BCUT2D eigenvalue weighted by molar-refractivity contribution is -0.142. The largest absolute Gasteiger partial charge is 0.480 e. The van der Waals surface area contributed by atoms with Crippen LogP contribution in [0.2, 0.25) is 5.15 Å². The molecule has 1 saturated carbocycles. The van der Waals surface area contributed by atoms with Gasteiger partial charge in [-0.2, -0.15) is 0 Å². The fourth-order valence-electron chi connectivity index (χ4n) is 5.11. The fourth-order valence-corrected chi connectivity index (χ4v) is 5.40. The number of alkyl halides is 1. The monoisotopic (exact) mass is 564 g/mol. The Kier molecular flexibility index (Phi) is 10.1. The average molecular weight is 565 g/mol. The highest BCUT2D eigenvalue weighted by Crippen LogP contribution is 2.49. The highest BCUT2D eigenvalue weighted by Gasteiger charge is 2.54. The third-order valence-corrected chi connectivity index (χ3v) is 7.96. The third kappa shape index (κ3) is 7.46. The number of anilines is 1. The van der Waals surface area contributed by atoms with E-state index in [9.17, 15) is 19.1 Å². The van der Waals surface area contributed by atoms with Gasteiger partial charge in [-0.3, -0.25) is 4.79 Å². The number of pyridine rings is 1. The summed E-state index contributed by atoms with van der Waals surface area (Å²) in [5.74, 6) is -0.510. The molecule has 39 heavy (non-hydrogen) atoms. The van der Waals surface area contributed by atoms with Gasteiger partial charge >= 0.3 is 5.97 Å². The van der Waals surface area contributed by atoms with E-state index >= 15 is 0 Å². The second-order valence-electron chi connectivity index (χ2n) is 10.4. The molecule has 1 aliphatic heterocycles. The summed E-state index contributed by atoms with van der Waals surface area (Å²) < 4.78 is 18.7. The Morgan fingerprint density at radius 1 is 1.31 bits per heavy atom. The first-order chi connectivity index (χ1) is 18.9. The molecule has 1 fully saturated rings. The van der Waals surface area contributed by atoms with Crippen LogP contribution in [0.3, 0.4) is 0 Å². The predicted octanol–water partition coefficient (Wildman–Crippen LogP) is 3.12. The van der Waals surface area contributed by atoms with Crippen molar-refractivity contribution in [1.82, 2.24) is 25.2 Å². The number of aromatic nitrogens is 3. The van der Waals surface area contributed by atoms with E-state index in [0.717, 1.165) is 50.2 Å². The molecule has 1 amide bonds. The minimum absolute atomic E-state index is 0.175. The van der Waals surface area contributed by atoms with E-state index in [1.54, 1.807) is 0 Å². The molecule has 0 spiro atoms. The quantitative estimate of drug-likeness (QED) is 0.229. The number of imidazole rings is 1. The first-order valence-corrected chi connectivity index (χ1v) is 14.0. The summed E-state index contributed by atoms with van der Waals surface area (Å²) in [5.41, 5.74) is 1.94. The number of carbonyl (C=O) groups excluding carboxylic acids is 1. The van der Waals surface area contributed by atoms with Gasteiger partial charge in [-0.25, -0.2) is 19.2 Å². The number of hydrogen-bond acceptors (Lipinski definition) is 7. The molecule has 2 aromatic rings. The Labute approximate surface area is 233 Å². The summed E-state index contributed by atoms with van der Waals surface area (Å²) in [6, 6.07) is 3.14. The van der Waals surface area contributed by atoms with E-state index in [2.05, 4.69) is 32.7 Å². The van der Waals surface area contributed by atoms with Crippen LogP contribution in [0, 0.1) is 0 Å². The normalized spacial score (nSPS) is 17.2. The van der Waals surface area contributed by atoms with Gasteiger partial charge in [0.1, 0.15) is 18.5 Å². The van der Waals surface area contributed by atoms with Gasteiger partial charge < -0.3 is 30.4 Å². The Bertz CT molecular complexity index is 1120. The highest BCUT2D eigenvalue weighted by molar-refractivity contribution is 6.30. The lowest BCUT2D eigenvalue weighted by atomic mass is 10.0. The Hall–Kier alpha value is -2.76. The first kappa shape index (κ1) is 29.2. The van der Waals surface area contributed by atoms with Crippen LogP contribution in [-0.4, -0.2) is 88.9 Å². The lowest BCUT2D eigenvalue weighted by Gasteiger charge is -2.27. The molecule has 0 saturated heterocycles. The molecule has 12 heteroatoms. The SMILES string of the molecule is CO[C@H](CF)CN(CCCCc1ccc2c(n1)NCCC2)CC[C@H](NC(=O)C1(c2[nH]cnc2Cl)CC1)C(=O)O. The van der Waals surface area contributed by atoms with Crippen molar-refractivity contribution in [3.8, 4) is 0 Å². The lowest BCUT2D eigenvalue weighted by Crippen LogP contribution is -2.47. The van der Waals surface area contributed by atoms with E-state index in [1.807, 2.05) is 4.90 Å². The van der Waals surface area contributed by atoms with Gasteiger partial charge in [-0.15, -0.1) is 0 Å². The van der Waals surface area contributed by atoms with Crippen LogP contribution in [0.25, 0.3) is 0 Å². The van der Waals surface area contributed by atoms with Crippen molar-refractivity contribution < 1.29 is 23.8 Å². The number of rotatable bonds is 16. The van der Waals surface area contributed by atoms with Crippen LogP contribution in [0.5, 0.6) is 0 Å². The fraction of sp³-hybridized carbons (Fsp3) is 0.630. The van der Waals surface area contributed by atoms with Crippen LogP contribution >= 0.6 is 11.6 Å². The zero-order chi connectivity index (χ0) is 27.8. The van der Waals surface area contributed by atoms with E-state index in [-0.39, 0.29) is 17.5 Å². The number of aliphatic carboxylic acids is 1. The number of nitrogens with one attached hydrogen (secondary N) is 3. The van der Waals surface area contributed by atoms with Crippen molar-refractivity contribution in [2.24, 2.45) is 0 Å². The van der Waals surface area contributed by atoms with Gasteiger partial charge in [-0.05, 0) is 69.5 Å². The van der Waals surface area contributed by atoms with E-state index in [4.69, 9.17) is 21.3 Å². The van der Waals surface area contributed by atoms with Gasteiger partial charge in [0.15, 0.2) is 5.15 Å². The summed E-state index contributed by atoms with van der Waals surface area (Å²) in [6.07, 6.45) is 6.86. The molecule has 0 radical (unpaired) electrons. The number of aromatic amines is 1. The molecule has 0 aromatic carbocycles. The van der Waals surface area contributed by atoms with Gasteiger partial charge in [0.2, 0.25) is 5.91 Å². The molecule has 0 unspecified atom stereocenters. The topological polar surface area (TPSA) is 132 Å². The highest BCUT2D eigenvalue weighted by atomic mass is 35.5. The van der Waals surface area contributed by atoms with Gasteiger partial charge in [-0.1, -0.05) is 17.7 Å². The molecule has 2 atom stereocenters. The number of nitrogens with zero attached hydrogens (tertiary/aromatic N) is 3. The maximum atomic E-state index is 13.4. The molecule has 2 aromatic heterocycles. The summed E-state index contributed by atoms with van der Waals surface area (Å²) in [4.78, 5) is 38.7. The zero-order valence-electron chi connectivity index (χ0n) is 22.3. The zero-order valence-corrected chi connectivity index (χ0v) is 23.1. The molecule has 1 aliphatic carbocycles. The number of amides is 1. The minimum atomic E-state index is -1.12. The van der Waals surface area contributed by atoms with Crippen molar-refractivity contribution in [1.29, 1.82) is 0 Å². The second-order valence-corrected chi connectivity index (χ2v) is 10.8. The number of H-pyrrole nitrogens is 1. The molecule has 0 bridgehead atoms. The van der Waals surface area contributed by atoms with Crippen LogP contribution < -0.4 is 10.6 Å². The summed E-state index contributed by atoms with van der Waals surface area (Å²) >= 11 is 6.12. The van der Waals surface area contributed by atoms with E-state index in [1.165, 1.54) is 19.0 Å². The maximum Gasteiger partial charge on any atom is 0.326 e. The van der Waals surface area contributed by atoms with E-state index < -0.39 is 30.2 Å². The number of carboxylic acid groups (broad SMARTS) is 1. The van der Waals surface area contributed by atoms with Crippen LogP contribution in [0.15, 0.2) is 18.5 Å². The second kappa shape index (κ2) is 13.5. The molecule has 3 heterocycles. The Balaban J connectivity index is 1.30. The number of fused-ring (bicyclic) bond motifs is 1. The standard InChI is InChI=1S/C27H38ClFN6O4/c1-39-20(15-29)16-35(13-3-2-6-19-8-7-18-5-4-12-30-24(18)33-19)14-9-21(25(36)37)34-26(38)27(10-11-27)22-23(28)32-17-31-22/h7-8,17,20-21H,2-6,9-16H2,1H3,(H,30,33)(H,31,32)(H,34,38)(H,36,37)/t20-,21+/m1/s1. The summed E-state index contributed by atoms with van der Waals surface area (Å²) in [7, 11) is 1.47. The van der Waals surface area contributed by atoms with Crippen molar-refractivity contribution in [3.05, 3.63) is 40.6 Å². The number of methoxy groups -OCH3 is 1. The van der Waals surface area contributed by atoms with Crippen molar-refractivity contribution in [2.75, 3.05) is 45.3 Å². The van der Waals surface area contributed by atoms with Gasteiger partial charge in [0.05, 0.1) is 23.5 Å². The summed E-state index contributed by atoms with van der Waals surface area (Å²) in [5, 5.41) is 16.1. The average Bonchev–Trinajstić information content (AvgIpc) is 3.64. The van der Waals surface area contributed by atoms with Gasteiger partial charge in [0, 0.05) is 32.4 Å². The molecular formula is C27H38ClFN6O4. The van der Waals surface area contributed by atoms with Crippen molar-refractivity contribution in [2.45, 2.75) is 68.9 Å². The number of ether oxygens (including phenoxy) is 1. The molecule has 10 nitrogen and oxygen atoms in total. The maximum absolute atomic E-state index is 13.4. The molecular weight excluding hydrogens is 527 g/mol. The third-order valence-electron chi connectivity index (χ3n) is 7.67. The van der Waals surface area contributed by atoms with Gasteiger partial charge in [0.25, 0.3) is 0 Å².